The number of rotatable bonds is 21. The summed E-state index contributed by atoms with van der Waals surface area (Å²) in [5, 5.41) is 5.90. The lowest BCUT2D eigenvalue weighted by Gasteiger charge is -2.20. The first-order chi connectivity index (χ1) is 23.5. The lowest BCUT2D eigenvalue weighted by molar-refractivity contribution is 0.0180. The molecular weight excluding hydrogens is 616 g/mol. The molecule has 0 N–H and O–H groups in total. The highest BCUT2D eigenvalue weighted by atomic mass is 16.6. The minimum absolute atomic E-state index is 0.231. The fourth-order valence-electron chi connectivity index (χ4n) is 5.01. The molecule has 1 aliphatic heterocycles. The summed E-state index contributed by atoms with van der Waals surface area (Å²) in [6.07, 6.45) is 0.962. The molecule has 0 saturated heterocycles. The molecule has 0 unspecified atom stereocenters. The summed E-state index contributed by atoms with van der Waals surface area (Å²) in [5.41, 5.74) is 14.1. The third-order valence-corrected chi connectivity index (χ3v) is 7.35. The maximum absolute atomic E-state index is 9.52. The van der Waals surface area contributed by atoms with Gasteiger partial charge in [-0.15, -0.1) is 0 Å². The van der Waals surface area contributed by atoms with Gasteiger partial charge in [-0.1, -0.05) is 24.2 Å². The molecule has 0 atom stereocenters. The van der Waals surface area contributed by atoms with Gasteiger partial charge in [0.1, 0.15) is 50.2 Å². The molecule has 0 fully saturated rings. The molecule has 1 heterocycles. The second-order valence-electron chi connectivity index (χ2n) is 11.2. The lowest BCUT2D eigenvalue weighted by atomic mass is 9.92. The number of aryl methyl sites for hydroxylation is 1. The van der Waals surface area contributed by atoms with Crippen LogP contribution < -0.4 is 19.4 Å². The van der Waals surface area contributed by atoms with Crippen LogP contribution in [0.5, 0.6) is 11.5 Å². The molecule has 4 rings (SSSR count). The molecular formula is C36H47N4O8+. The van der Waals surface area contributed by atoms with Crippen molar-refractivity contribution < 1.29 is 37.6 Å². The smallest absolute Gasteiger partial charge is 0.203 e. The van der Waals surface area contributed by atoms with E-state index in [0.717, 1.165) is 45.0 Å². The summed E-state index contributed by atoms with van der Waals surface area (Å²) < 4.78 is 48.3. The van der Waals surface area contributed by atoms with Crippen molar-refractivity contribution in [1.29, 1.82) is 0 Å². The average molecular weight is 664 g/mol. The van der Waals surface area contributed by atoms with Gasteiger partial charge in [-0.25, -0.2) is 4.58 Å². The number of benzene rings is 3. The van der Waals surface area contributed by atoms with Gasteiger partial charge in [-0.3, -0.25) is 0 Å². The Morgan fingerprint density at radius 3 is 2.02 bits per heavy atom. The van der Waals surface area contributed by atoms with Crippen LogP contribution >= 0.6 is 0 Å². The van der Waals surface area contributed by atoms with Gasteiger partial charge in [0.15, 0.2) is 0 Å². The summed E-state index contributed by atoms with van der Waals surface area (Å²) in [7, 11) is 5.61. The van der Waals surface area contributed by atoms with Crippen molar-refractivity contribution in [2.75, 3.05) is 93.9 Å². The van der Waals surface area contributed by atoms with E-state index in [1.54, 1.807) is 13.2 Å². The Morgan fingerprint density at radius 1 is 0.729 bits per heavy atom. The molecule has 12 nitrogen and oxygen atoms in total. The normalized spacial score (nSPS) is 11.2. The van der Waals surface area contributed by atoms with Gasteiger partial charge in [-0.05, 0) is 42.6 Å². The zero-order valence-corrected chi connectivity index (χ0v) is 28.7. The minimum atomic E-state index is 0.231. The van der Waals surface area contributed by atoms with E-state index >= 15 is 0 Å². The van der Waals surface area contributed by atoms with Crippen molar-refractivity contribution in [2.45, 2.75) is 20.3 Å². The van der Waals surface area contributed by atoms with Crippen molar-refractivity contribution in [1.82, 2.24) is 4.58 Å². The van der Waals surface area contributed by atoms with E-state index in [0.29, 0.717) is 82.4 Å². The summed E-state index contributed by atoms with van der Waals surface area (Å²) in [6.45, 7) is 8.91. The Labute approximate surface area is 281 Å². The zero-order valence-electron chi connectivity index (χ0n) is 28.7. The molecule has 2 aliphatic rings. The highest BCUT2D eigenvalue weighted by Crippen LogP contribution is 2.47. The standard InChI is InChI=1S/C36H47N4O8/c1-6-11-42-14-15-44-18-20-46-32-25-35(47-21-19-45-17-16-43-13-12-41-5)31(38-39-37)24-30(32)36-28-9-7-26(2)22-33(28)48-34-23-27(40(3)4)8-10-29(34)36/h7-10,22-25H,6,11-21H2,1-5H3/q+1. The van der Waals surface area contributed by atoms with E-state index in [4.69, 9.17) is 37.6 Å². The quantitative estimate of drug-likeness (QED) is 0.0251. The van der Waals surface area contributed by atoms with Crippen LogP contribution in [0.2, 0.25) is 0 Å². The molecule has 0 spiro atoms. The highest BCUT2D eigenvalue weighted by molar-refractivity contribution is 6.04. The Bertz CT molecular complexity index is 1700. The zero-order chi connectivity index (χ0) is 34.1. The highest BCUT2D eigenvalue weighted by Gasteiger charge is 2.23. The van der Waals surface area contributed by atoms with Gasteiger partial charge in [0, 0.05) is 52.8 Å². The summed E-state index contributed by atoms with van der Waals surface area (Å²) >= 11 is 0. The molecule has 48 heavy (non-hydrogen) atoms. The first-order valence-corrected chi connectivity index (χ1v) is 16.2. The van der Waals surface area contributed by atoms with Crippen LogP contribution in [0, 0.1) is 6.92 Å². The Hall–Kier alpha value is -4.16. The van der Waals surface area contributed by atoms with Gasteiger partial charge in [0.25, 0.3) is 0 Å². The molecule has 2 aromatic carbocycles. The number of hydrogen-bond acceptors (Lipinski definition) is 9. The number of methoxy groups -OCH3 is 1. The molecule has 0 bridgehead atoms. The van der Waals surface area contributed by atoms with Crippen molar-refractivity contribution in [2.24, 2.45) is 5.11 Å². The maximum Gasteiger partial charge on any atom is 0.203 e. The number of nitrogens with zero attached hydrogens (tertiary/aromatic N) is 4. The van der Waals surface area contributed by atoms with Crippen LogP contribution in [-0.4, -0.2) is 93.9 Å². The lowest BCUT2D eigenvalue weighted by Crippen LogP contribution is -2.21. The topological polar surface area (TPSA) is 130 Å². The van der Waals surface area contributed by atoms with E-state index in [1.807, 2.05) is 68.1 Å². The minimum Gasteiger partial charge on any atom is -0.491 e. The average Bonchev–Trinajstić information content (AvgIpc) is 3.08. The number of ether oxygens (including phenoxy) is 7. The van der Waals surface area contributed by atoms with Gasteiger partial charge in [-0.2, -0.15) is 0 Å². The first-order valence-electron chi connectivity index (χ1n) is 16.2. The fourth-order valence-corrected chi connectivity index (χ4v) is 5.01. The number of fused-ring (bicyclic) bond motifs is 2. The first kappa shape index (κ1) is 36.7. The van der Waals surface area contributed by atoms with E-state index < -0.39 is 0 Å². The van der Waals surface area contributed by atoms with E-state index in [1.165, 1.54) is 0 Å². The predicted octanol–water partition coefficient (Wildman–Crippen LogP) is 6.37. The maximum atomic E-state index is 9.52. The van der Waals surface area contributed by atoms with Gasteiger partial charge in [0.2, 0.25) is 5.36 Å². The largest absolute Gasteiger partial charge is 0.491 e. The third kappa shape index (κ3) is 10.4. The van der Waals surface area contributed by atoms with E-state index in [-0.39, 0.29) is 13.2 Å². The van der Waals surface area contributed by atoms with Crippen molar-refractivity contribution in [3.8, 4) is 33.9 Å². The molecule has 258 valence electrons. The van der Waals surface area contributed by atoms with Gasteiger partial charge >= 0.3 is 0 Å². The van der Waals surface area contributed by atoms with Crippen LogP contribution in [0.1, 0.15) is 18.9 Å². The summed E-state index contributed by atoms with van der Waals surface area (Å²) in [4.78, 5) is 3.10. The molecule has 0 radical (unpaired) electrons. The van der Waals surface area contributed by atoms with Crippen molar-refractivity contribution in [3.05, 3.63) is 69.9 Å². The fraction of sp³-hybridized carbons (Fsp3) is 0.472. The van der Waals surface area contributed by atoms with Gasteiger partial charge < -0.3 is 37.6 Å². The van der Waals surface area contributed by atoms with Crippen LogP contribution in [0.3, 0.4) is 0 Å². The van der Waals surface area contributed by atoms with E-state index in [2.05, 4.69) is 16.9 Å². The Balaban J connectivity index is 1.70. The van der Waals surface area contributed by atoms with Gasteiger partial charge in [0.05, 0.1) is 64.6 Å². The SMILES string of the molecule is CCCOCCOCCOc1cc(OCCOCCOCCOC)c(N=[N+]=[N-])cc1-c1c2ccc(=[N+](C)C)cc-2oc2cc(C)ccc12. The Morgan fingerprint density at radius 2 is 1.38 bits per heavy atom. The monoisotopic (exact) mass is 663 g/mol. The predicted molar refractivity (Wildman–Crippen MR) is 185 cm³/mol. The molecule has 0 aromatic heterocycles. The molecule has 1 aliphatic carbocycles. The van der Waals surface area contributed by atoms with Crippen LogP contribution in [0.15, 0.2) is 58.1 Å². The Kier molecular flexibility index (Phi) is 15.0. The van der Waals surface area contributed by atoms with Crippen LogP contribution in [0.25, 0.3) is 43.9 Å². The van der Waals surface area contributed by atoms with E-state index in [9.17, 15) is 5.53 Å². The second kappa shape index (κ2) is 19.6. The summed E-state index contributed by atoms with van der Waals surface area (Å²) in [5.74, 6) is 1.64. The summed E-state index contributed by atoms with van der Waals surface area (Å²) in [6, 6.07) is 15.8. The van der Waals surface area contributed by atoms with Crippen molar-refractivity contribution in [3.63, 3.8) is 0 Å². The molecule has 2 aromatic rings. The number of hydrogen-bond donors (Lipinski definition) is 0. The molecule has 0 amide bonds. The second-order valence-corrected chi connectivity index (χ2v) is 11.2. The van der Waals surface area contributed by atoms with Crippen molar-refractivity contribution >= 4 is 16.7 Å². The molecule has 12 heteroatoms. The van der Waals surface area contributed by atoms with Crippen LogP contribution in [0.4, 0.5) is 5.69 Å². The van der Waals surface area contributed by atoms with Crippen LogP contribution in [-0.2, 0) is 23.7 Å². The molecule has 0 saturated carbocycles. The third-order valence-electron chi connectivity index (χ3n) is 7.35. The number of azide groups is 1.